The molecule has 1 aliphatic rings. The van der Waals surface area contributed by atoms with Crippen LogP contribution in [0.25, 0.3) is 17.2 Å². The molecule has 1 saturated heterocycles. The van der Waals surface area contributed by atoms with Gasteiger partial charge in [-0.25, -0.2) is 15.0 Å². The van der Waals surface area contributed by atoms with Crippen molar-refractivity contribution < 1.29 is 0 Å². The van der Waals surface area contributed by atoms with Crippen LogP contribution in [0.5, 0.6) is 0 Å². The van der Waals surface area contributed by atoms with Crippen LogP contribution in [0.2, 0.25) is 0 Å². The number of anilines is 1. The van der Waals surface area contributed by atoms with Gasteiger partial charge in [0, 0.05) is 31.4 Å². The summed E-state index contributed by atoms with van der Waals surface area (Å²) in [6.45, 7) is 3.80. The molecule has 9 nitrogen and oxygen atoms in total. The second-order valence-electron chi connectivity index (χ2n) is 6.82. The van der Waals surface area contributed by atoms with Crippen LogP contribution in [-0.4, -0.2) is 52.8 Å². The molecule has 1 fully saturated rings. The molecule has 5 heterocycles. The Hall–Kier alpha value is -3.36. The standard InChI is InChI=1S/C18H19N9/c1-12-10-27-15(8-21-17(27)9-20-12)18-19-5-4-16(23-18)26-6-2-3-13(11-26)14-7-22-25-24-14/h4-5,7-10,13H,2-3,6,11H2,1H3,(H,22,24,25). The number of piperidine rings is 1. The van der Waals surface area contributed by atoms with Crippen LogP contribution in [-0.2, 0) is 0 Å². The Morgan fingerprint density at radius 3 is 3.00 bits per heavy atom. The summed E-state index contributed by atoms with van der Waals surface area (Å²) in [6, 6.07) is 1.96. The van der Waals surface area contributed by atoms with Crippen molar-refractivity contribution in [3.63, 3.8) is 0 Å². The van der Waals surface area contributed by atoms with Gasteiger partial charge in [-0.2, -0.15) is 15.4 Å². The van der Waals surface area contributed by atoms with Crippen LogP contribution in [0.15, 0.2) is 37.1 Å². The molecule has 4 aromatic rings. The quantitative estimate of drug-likeness (QED) is 0.595. The van der Waals surface area contributed by atoms with Crippen LogP contribution in [0.1, 0.15) is 30.1 Å². The summed E-state index contributed by atoms with van der Waals surface area (Å²) in [5, 5.41) is 10.9. The Morgan fingerprint density at radius 1 is 1.15 bits per heavy atom. The number of hydrogen-bond acceptors (Lipinski definition) is 7. The van der Waals surface area contributed by atoms with E-state index in [4.69, 9.17) is 4.98 Å². The van der Waals surface area contributed by atoms with Crippen molar-refractivity contribution in [3.05, 3.63) is 48.4 Å². The maximum Gasteiger partial charge on any atom is 0.180 e. The first-order valence-electron chi connectivity index (χ1n) is 9.02. The molecule has 1 N–H and O–H groups in total. The number of nitrogens with zero attached hydrogens (tertiary/aromatic N) is 8. The van der Waals surface area contributed by atoms with Gasteiger partial charge in [-0.1, -0.05) is 0 Å². The Labute approximate surface area is 155 Å². The third kappa shape index (κ3) is 2.90. The molecule has 5 rings (SSSR count). The lowest BCUT2D eigenvalue weighted by Crippen LogP contribution is -2.35. The zero-order valence-corrected chi connectivity index (χ0v) is 14.9. The van der Waals surface area contributed by atoms with Crippen molar-refractivity contribution in [3.8, 4) is 11.5 Å². The van der Waals surface area contributed by atoms with Gasteiger partial charge >= 0.3 is 0 Å². The molecule has 27 heavy (non-hydrogen) atoms. The highest BCUT2D eigenvalue weighted by Gasteiger charge is 2.24. The van der Waals surface area contributed by atoms with Crippen LogP contribution in [0.3, 0.4) is 0 Å². The van der Waals surface area contributed by atoms with Crippen molar-refractivity contribution in [2.24, 2.45) is 0 Å². The number of aryl methyl sites for hydroxylation is 1. The molecule has 0 aromatic carbocycles. The molecule has 0 aliphatic carbocycles. The SMILES string of the molecule is Cc1cn2c(-c3nccc(N4CCCC(c5cn[nH]n5)C4)n3)cnc2cn1. The number of H-pyrrole nitrogens is 1. The van der Waals surface area contributed by atoms with E-state index >= 15 is 0 Å². The second kappa shape index (κ2) is 6.42. The number of aromatic amines is 1. The molecular weight excluding hydrogens is 342 g/mol. The van der Waals surface area contributed by atoms with E-state index in [2.05, 4.69) is 35.3 Å². The van der Waals surface area contributed by atoms with Gasteiger partial charge in [0.15, 0.2) is 11.5 Å². The fraction of sp³-hybridized carbons (Fsp3) is 0.333. The molecule has 1 atom stereocenters. The smallest absolute Gasteiger partial charge is 0.180 e. The van der Waals surface area contributed by atoms with Gasteiger partial charge in [0.25, 0.3) is 0 Å². The average molecular weight is 361 g/mol. The third-order valence-electron chi connectivity index (χ3n) is 4.99. The average Bonchev–Trinajstić information content (AvgIpc) is 3.38. The van der Waals surface area contributed by atoms with Gasteiger partial charge in [-0.05, 0) is 25.8 Å². The van der Waals surface area contributed by atoms with Gasteiger partial charge in [0.2, 0.25) is 0 Å². The summed E-state index contributed by atoms with van der Waals surface area (Å²) < 4.78 is 1.98. The van der Waals surface area contributed by atoms with E-state index in [0.29, 0.717) is 11.7 Å². The summed E-state index contributed by atoms with van der Waals surface area (Å²) in [5.74, 6) is 1.95. The lowest BCUT2D eigenvalue weighted by atomic mass is 9.95. The Kier molecular flexibility index (Phi) is 3.77. The van der Waals surface area contributed by atoms with Crippen molar-refractivity contribution in [2.45, 2.75) is 25.7 Å². The second-order valence-corrected chi connectivity index (χ2v) is 6.82. The maximum atomic E-state index is 4.82. The van der Waals surface area contributed by atoms with Gasteiger partial charge < -0.3 is 4.90 Å². The lowest BCUT2D eigenvalue weighted by Gasteiger charge is -2.32. The molecule has 0 radical (unpaired) electrons. The lowest BCUT2D eigenvalue weighted by molar-refractivity contribution is 0.498. The Balaban J connectivity index is 1.47. The van der Waals surface area contributed by atoms with Gasteiger partial charge in [0.05, 0.1) is 30.0 Å². The minimum atomic E-state index is 0.362. The van der Waals surface area contributed by atoms with E-state index in [1.165, 1.54) is 0 Å². The molecule has 1 unspecified atom stereocenters. The van der Waals surface area contributed by atoms with Gasteiger partial charge in [0.1, 0.15) is 11.5 Å². The Bertz CT molecular complexity index is 1070. The topological polar surface area (TPSA) is 101 Å². The summed E-state index contributed by atoms with van der Waals surface area (Å²) in [7, 11) is 0. The summed E-state index contributed by atoms with van der Waals surface area (Å²) >= 11 is 0. The highest BCUT2D eigenvalue weighted by atomic mass is 15.3. The van der Waals surface area contributed by atoms with Crippen LogP contribution in [0.4, 0.5) is 5.82 Å². The van der Waals surface area contributed by atoms with E-state index < -0.39 is 0 Å². The number of rotatable bonds is 3. The van der Waals surface area contributed by atoms with Crippen LogP contribution in [0, 0.1) is 6.92 Å². The molecule has 136 valence electrons. The molecule has 4 aromatic heterocycles. The summed E-state index contributed by atoms with van der Waals surface area (Å²) in [6.07, 6.45) is 11.3. The van der Waals surface area contributed by atoms with Gasteiger partial charge in [-0.15, -0.1) is 0 Å². The molecule has 0 bridgehead atoms. The third-order valence-corrected chi connectivity index (χ3v) is 4.99. The normalized spacial score (nSPS) is 17.5. The van der Waals surface area contributed by atoms with E-state index in [0.717, 1.165) is 54.5 Å². The first kappa shape index (κ1) is 15.9. The zero-order chi connectivity index (χ0) is 18.2. The van der Waals surface area contributed by atoms with Crippen molar-refractivity contribution in [1.82, 2.24) is 39.7 Å². The molecule has 0 spiro atoms. The Morgan fingerprint density at radius 2 is 2.11 bits per heavy atom. The highest BCUT2D eigenvalue weighted by molar-refractivity contribution is 5.58. The molecule has 0 amide bonds. The first-order chi connectivity index (χ1) is 13.3. The highest BCUT2D eigenvalue weighted by Crippen LogP contribution is 2.28. The molecule has 1 aliphatic heterocycles. The van der Waals surface area contributed by atoms with Crippen molar-refractivity contribution >= 4 is 11.5 Å². The zero-order valence-electron chi connectivity index (χ0n) is 14.9. The molecular formula is C18H19N9. The van der Waals surface area contributed by atoms with Crippen LogP contribution < -0.4 is 4.90 Å². The number of hydrogen-bond donors (Lipinski definition) is 1. The van der Waals surface area contributed by atoms with E-state index in [1.54, 1.807) is 12.4 Å². The number of aromatic nitrogens is 8. The monoisotopic (exact) mass is 361 g/mol. The number of fused-ring (bicyclic) bond motifs is 1. The fourth-order valence-electron chi connectivity index (χ4n) is 3.63. The minimum Gasteiger partial charge on any atom is -0.356 e. The number of imidazole rings is 1. The van der Waals surface area contributed by atoms with E-state index in [9.17, 15) is 0 Å². The molecule has 9 heteroatoms. The van der Waals surface area contributed by atoms with E-state index in [-0.39, 0.29) is 0 Å². The first-order valence-corrected chi connectivity index (χ1v) is 9.02. The fourth-order valence-corrected chi connectivity index (χ4v) is 3.63. The van der Waals surface area contributed by atoms with Crippen LogP contribution >= 0.6 is 0 Å². The predicted octanol–water partition coefficient (Wildman–Crippen LogP) is 2.00. The largest absolute Gasteiger partial charge is 0.356 e. The minimum absolute atomic E-state index is 0.362. The van der Waals surface area contributed by atoms with E-state index in [1.807, 2.05) is 36.0 Å². The van der Waals surface area contributed by atoms with Crippen molar-refractivity contribution in [1.29, 1.82) is 0 Å². The predicted molar refractivity (Wildman–Crippen MR) is 99.3 cm³/mol. The maximum absolute atomic E-state index is 4.82. The summed E-state index contributed by atoms with van der Waals surface area (Å²) in [4.78, 5) is 20.3. The van der Waals surface area contributed by atoms with Gasteiger partial charge in [-0.3, -0.25) is 9.38 Å². The molecule has 0 saturated carbocycles. The van der Waals surface area contributed by atoms with Crippen molar-refractivity contribution in [2.75, 3.05) is 18.0 Å². The summed E-state index contributed by atoms with van der Waals surface area (Å²) in [5.41, 5.74) is 3.58. The number of nitrogens with one attached hydrogen (secondary N) is 1.